The molecular weight excluding hydrogens is 320 g/mol. The molecule has 0 spiro atoms. The smallest absolute Gasteiger partial charge is 0.0798 e. The maximum absolute atomic E-state index is 5.44. The van der Waals surface area contributed by atoms with Crippen molar-refractivity contribution in [3.05, 3.63) is 39.3 Å². The van der Waals surface area contributed by atoms with Crippen LogP contribution in [0, 0.1) is 0 Å². The second kappa shape index (κ2) is 7.35. The summed E-state index contributed by atoms with van der Waals surface area (Å²) in [6, 6.07) is 4.95. The SMILES string of the molecule is Cn1nc(CNC2CCOCC2)c2c1CN(Cc1cccs1)CC2. The summed E-state index contributed by atoms with van der Waals surface area (Å²) in [6.07, 6.45) is 3.34. The third-order valence-corrected chi connectivity index (χ3v) is 6.01. The summed E-state index contributed by atoms with van der Waals surface area (Å²) in [5.74, 6) is 0. The van der Waals surface area contributed by atoms with Crippen molar-refractivity contribution in [1.82, 2.24) is 20.0 Å². The van der Waals surface area contributed by atoms with Gasteiger partial charge < -0.3 is 10.1 Å². The molecule has 4 rings (SSSR count). The molecule has 2 aliphatic heterocycles. The zero-order valence-electron chi connectivity index (χ0n) is 14.3. The summed E-state index contributed by atoms with van der Waals surface area (Å²) >= 11 is 1.85. The van der Waals surface area contributed by atoms with Gasteiger partial charge in [0.15, 0.2) is 0 Å². The first-order valence-electron chi connectivity index (χ1n) is 8.89. The van der Waals surface area contributed by atoms with Gasteiger partial charge in [-0.1, -0.05) is 6.07 Å². The molecular formula is C18H26N4OS. The number of aromatic nitrogens is 2. The van der Waals surface area contributed by atoms with Gasteiger partial charge in [-0.3, -0.25) is 9.58 Å². The Balaban J connectivity index is 1.40. The van der Waals surface area contributed by atoms with E-state index in [1.54, 1.807) is 0 Å². The van der Waals surface area contributed by atoms with E-state index in [-0.39, 0.29) is 0 Å². The minimum Gasteiger partial charge on any atom is -0.381 e. The molecule has 0 bridgehead atoms. The van der Waals surface area contributed by atoms with Crippen LogP contribution < -0.4 is 5.32 Å². The Morgan fingerprint density at radius 2 is 2.25 bits per heavy atom. The number of rotatable bonds is 5. The number of hydrogen-bond acceptors (Lipinski definition) is 5. The van der Waals surface area contributed by atoms with Crippen molar-refractivity contribution in [2.24, 2.45) is 7.05 Å². The predicted molar refractivity (Wildman–Crippen MR) is 96.0 cm³/mol. The first-order valence-corrected chi connectivity index (χ1v) is 9.77. The number of ether oxygens (including phenoxy) is 1. The lowest BCUT2D eigenvalue weighted by Crippen LogP contribution is -2.35. The van der Waals surface area contributed by atoms with Gasteiger partial charge in [0.25, 0.3) is 0 Å². The Morgan fingerprint density at radius 1 is 1.38 bits per heavy atom. The maximum atomic E-state index is 5.44. The highest BCUT2D eigenvalue weighted by atomic mass is 32.1. The Hall–Kier alpha value is -1.21. The van der Waals surface area contributed by atoms with Gasteiger partial charge in [-0.05, 0) is 30.7 Å². The second-order valence-corrected chi connectivity index (χ2v) is 7.84. The fourth-order valence-electron chi connectivity index (χ4n) is 3.75. The molecule has 5 nitrogen and oxygen atoms in total. The van der Waals surface area contributed by atoms with Gasteiger partial charge in [-0.25, -0.2) is 0 Å². The molecule has 0 aromatic carbocycles. The van der Waals surface area contributed by atoms with Crippen LogP contribution in [0.3, 0.4) is 0 Å². The van der Waals surface area contributed by atoms with Crippen LogP contribution in [0.1, 0.15) is 34.7 Å². The monoisotopic (exact) mass is 346 g/mol. The van der Waals surface area contributed by atoms with Crippen molar-refractivity contribution in [3.63, 3.8) is 0 Å². The number of fused-ring (bicyclic) bond motifs is 1. The maximum Gasteiger partial charge on any atom is 0.0798 e. The third-order valence-electron chi connectivity index (χ3n) is 5.15. The van der Waals surface area contributed by atoms with Gasteiger partial charge in [-0.2, -0.15) is 5.10 Å². The fraction of sp³-hybridized carbons (Fsp3) is 0.611. The molecule has 130 valence electrons. The fourth-order valence-corrected chi connectivity index (χ4v) is 4.50. The van der Waals surface area contributed by atoms with Crippen molar-refractivity contribution in [2.45, 2.75) is 44.9 Å². The number of thiophene rings is 1. The second-order valence-electron chi connectivity index (χ2n) is 6.80. The molecule has 2 aliphatic rings. The molecule has 1 N–H and O–H groups in total. The van der Waals surface area contributed by atoms with Gasteiger partial charge in [0.2, 0.25) is 0 Å². The van der Waals surface area contributed by atoms with Crippen LogP contribution in [0.2, 0.25) is 0 Å². The van der Waals surface area contributed by atoms with Crippen LogP contribution in [0.4, 0.5) is 0 Å². The van der Waals surface area contributed by atoms with Crippen molar-refractivity contribution in [2.75, 3.05) is 19.8 Å². The predicted octanol–water partition coefficient (Wildman–Crippen LogP) is 2.31. The number of hydrogen-bond donors (Lipinski definition) is 1. The molecule has 0 unspecified atom stereocenters. The largest absolute Gasteiger partial charge is 0.381 e. The number of aryl methyl sites for hydroxylation is 1. The summed E-state index contributed by atoms with van der Waals surface area (Å²) in [6.45, 7) is 5.84. The highest BCUT2D eigenvalue weighted by Gasteiger charge is 2.24. The highest BCUT2D eigenvalue weighted by molar-refractivity contribution is 7.09. The van der Waals surface area contributed by atoms with E-state index >= 15 is 0 Å². The van der Waals surface area contributed by atoms with E-state index in [9.17, 15) is 0 Å². The molecule has 0 atom stereocenters. The average molecular weight is 347 g/mol. The Bertz CT molecular complexity index is 661. The summed E-state index contributed by atoms with van der Waals surface area (Å²) in [4.78, 5) is 3.98. The minimum atomic E-state index is 0.579. The van der Waals surface area contributed by atoms with E-state index in [1.807, 2.05) is 11.3 Å². The van der Waals surface area contributed by atoms with Gasteiger partial charge in [0, 0.05) is 62.9 Å². The Labute approximate surface area is 147 Å². The molecule has 0 saturated carbocycles. The summed E-state index contributed by atoms with van der Waals surface area (Å²) in [5, 5.41) is 10.6. The standard InChI is InChI=1S/C18H26N4OS/c1-21-18-13-22(12-15-3-2-10-24-15)7-4-16(18)17(20-21)11-19-14-5-8-23-9-6-14/h2-3,10,14,19H,4-9,11-13H2,1H3. The van der Waals surface area contributed by atoms with E-state index in [1.165, 1.54) is 21.8 Å². The van der Waals surface area contributed by atoms with Crippen LogP contribution >= 0.6 is 11.3 Å². The topological polar surface area (TPSA) is 42.3 Å². The van der Waals surface area contributed by atoms with Crippen molar-refractivity contribution in [3.8, 4) is 0 Å². The lowest BCUT2D eigenvalue weighted by atomic mass is 10.0. The third kappa shape index (κ3) is 3.57. The summed E-state index contributed by atoms with van der Waals surface area (Å²) < 4.78 is 7.53. The molecule has 2 aromatic heterocycles. The molecule has 6 heteroatoms. The van der Waals surface area contributed by atoms with E-state index in [0.29, 0.717) is 6.04 Å². The molecule has 1 fully saturated rings. The lowest BCUT2D eigenvalue weighted by Gasteiger charge is -2.27. The Morgan fingerprint density at radius 3 is 3.04 bits per heavy atom. The number of nitrogens with one attached hydrogen (secondary N) is 1. The molecule has 0 radical (unpaired) electrons. The highest BCUT2D eigenvalue weighted by Crippen LogP contribution is 2.24. The van der Waals surface area contributed by atoms with Gasteiger partial charge in [0.05, 0.1) is 11.4 Å². The van der Waals surface area contributed by atoms with E-state index in [0.717, 1.165) is 58.7 Å². The zero-order chi connectivity index (χ0) is 16.4. The van der Waals surface area contributed by atoms with Gasteiger partial charge in [0.1, 0.15) is 0 Å². The molecule has 1 saturated heterocycles. The Kier molecular flexibility index (Phi) is 4.98. The van der Waals surface area contributed by atoms with Crippen molar-refractivity contribution >= 4 is 11.3 Å². The summed E-state index contributed by atoms with van der Waals surface area (Å²) in [7, 11) is 2.09. The lowest BCUT2D eigenvalue weighted by molar-refractivity contribution is 0.0775. The number of nitrogens with zero attached hydrogens (tertiary/aromatic N) is 3. The van der Waals surface area contributed by atoms with E-state index in [2.05, 4.69) is 39.5 Å². The van der Waals surface area contributed by atoms with Gasteiger partial charge in [-0.15, -0.1) is 11.3 Å². The van der Waals surface area contributed by atoms with E-state index < -0.39 is 0 Å². The van der Waals surface area contributed by atoms with E-state index in [4.69, 9.17) is 9.84 Å². The first kappa shape index (κ1) is 16.3. The molecule has 0 aliphatic carbocycles. The summed E-state index contributed by atoms with van der Waals surface area (Å²) in [5.41, 5.74) is 4.11. The minimum absolute atomic E-state index is 0.579. The quantitative estimate of drug-likeness (QED) is 0.902. The van der Waals surface area contributed by atoms with Gasteiger partial charge >= 0.3 is 0 Å². The average Bonchev–Trinajstić information content (AvgIpc) is 3.22. The molecule has 2 aromatic rings. The van der Waals surface area contributed by atoms with Crippen LogP contribution in [0.15, 0.2) is 17.5 Å². The van der Waals surface area contributed by atoms with Crippen LogP contribution in [0.5, 0.6) is 0 Å². The first-order chi connectivity index (χ1) is 11.8. The van der Waals surface area contributed by atoms with Crippen LogP contribution in [-0.4, -0.2) is 40.5 Å². The molecule has 4 heterocycles. The molecule has 0 amide bonds. The molecule has 24 heavy (non-hydrogen) atoms. The van der Waals surface area contributed by atoms with Crippen molar-refractivity contribution in [1.29, 1.82) is 0 Å². The normalized spacial score (nSPS) is 19.5. The van der Waals surface area contributed by atoms with Crippen molar-refractivity contribution < 1.29 is 4.74 Å². The van der Waals surface area contributed by atoms with Crippen LogP contribution in [-0.2, 0) is 37.8 Å². The van der Waals surface area contributed by atoms with Crippen LogP contribution in [0.25, 0.3) is 0 Å². The zero-order valence-corrected chi connectivity index (χ0v) is 15.1.